The first-order chi connectivity index (χ1) is 18.4. The third-order valence-electron chi connectivity index (χ3n) is 6.37. The van der Waals surface area contributed by atoms with Gasteiger partial charge in [-0.2, -0.15) is 0 Å². The Morgan fingerprint density at radius 2 is 1.74 bits per heavy atom. The molecule has 0 amide bonds. The molecule has 2 heterocycles. The van der Waals surface area contributed by atoms with Crippen molar-refractivity contribution in [2.45, 2.75) is 12.3 Å². The third kappa shape index (κ3) is 4.54. The molecule has 3 aromatic carbocycles. The van der Waals surface area contributed by atoms with Crippen molar-refractivity contribution in [1.82, 2.24) is 0 Å². The fraction of sp³-hybridized carbons (Fsp3) is 0.207. The second-order valence-corrected chi connectivity index (χ2v) is 8.54. The maximum absolute atomic E-state index is 13.3. The molecule has 3 aromatic rings. The molecule has 0 spiro atoms. The van der Waals surface area contributed by atoms with E-state index in [-0.39, 0.29) is 24.6 Å². The Hall–Kier alpha value is -4.79. The van der Waals surface area contributed by atoms with Gasteiger partial charge in [0.05, 0.1) is 33.3 Å². The van der Waals surface area contributed by atoms with Crippen LogP contribution in [0.4, 0.5) is 0 Å². The van der Waals surface area contributed by atoms with Gasteiger partial charge in [0.25, 0.3) is 0 Å². The predicted octanol–water partition coefficient (Wildman–Crippen LogP) is 4.31. The van der Waals surface area contributed by atoms with Gasteiger partial charge >= 0.3 is 11.9 Å². The van der Waals surface area contributed by atoms with E-state index in [1.807, 2.05) is 18.2 Å². The lowest BCUT2D eigenvalue weighted by Gasteiger charge is -2.26. The number of hydrogen-bond acceptors (Lipinski definition) is 9. The summed E-state index contributed by atoms with van der Waals surface area (Å²) in [4.78, 5) is 37.3. The summed E-state index contributed by atoms with van der Waals surface area (Å²) in [5.74, 6) is 0.394. The molecule has 1 atom stereocenters. The largest absolute Gasteiger partial charge is 0.496 e. The minimum Gasteiger partial charge on any atom is -0.496 e. The van der Waals surface area contributed by atoms with Gasteiger partial charge in [0, 0.05) is 17.0 Å². The quantitative estimate of drug-likeness (QED) is 0.258. The molecule has 38 heavy (non-hydrogen) atoms. The van der Waals surface area contributed by atoms with Crippen LogP contribution in [0, 0.1) is 0 Å². The Balaban J connectivity index is 1.54. The lowest BCUT2D eigenvalue weighted by Crippen LogP contribution is -2.21. The van der Waals surface area contributed by atoms with Gasteiger partial charge in [-0.15, -0.1) is 0 Å². The van der Waals surface area contributed by atoms with E-state index >= 15 is 0 Å². The van der Waals surface area contributed by atoms with Crippen molar-refractivity contribution in [3.63, 3.8) is 0 Å². The molecule has 0 fully saturated rings. The number of methoxy groups -OCH3 is 3. The van der Waals surface area contributed by atoms with Crippen molar-refractivity contribution in [1.29, 1.82) is 0 Å². The zero-order chi connectivity index (χ0) is 26.8. The van der Waals surface area contributed by atoms with Gasteiger partial charge in [-0.1, -0.05) is 24.3 Å². The molecule has 9 nitrogen and oxygen atoms in total. The van der Waals surface area contributed by atoms with Crippen LogP contribution in [0.15, 0.2) is 60.4 Å². The van der Waals surface area contributed by atoms with Gasteiger partial charge in [0.2, 0.25) is 5.78 Å². The van der Waals surface area contributed by atoms with Gasteiger partial charge in [-0.25, -0.2) is 4.79 Å². The highest BCUT2D eigenvalue weighted by molar-refractivity contribution is 6.15. The minimum atomic E-state index is -0.533. The number of carbonyl (C=O) groups is 3. The van der Waals surface area contributed by atoms with Crippen LogP contribution in [-0.2, 0) is 14.3 Å². The number of esters is 2. The van der Waals surface area contributed by atoms with Crippen molar-refractivity contribution in [2.24, 2.45) is 0 Å². The van der Waals surface area contributed by atoms with E-state index in [2.05, 4.69) is 4.74 Å². The monoisotopic (exact) mass is 516 g/mol. The standard InChI is InChI=1S/C29H24O9/c1-33-20-7-5-4-6-17(20)13-24-28(32)18-9-11-22-27(29(18)38-24)19(14-25(30)37-22)16-8-10-21(23(12-16)34-2)36-15-26(31)35-3/h4-13,19H,14-15H2,1-3H3. The number of ether oxygens (including phenoxy) is 6. The lowest BCUT2D eigenvalue weighted by molar-refractivity contribution is -0.143. The Morgan fingerprint density at radius 1 is 0.947 bits per heavy atom. The number of hydrogen-bond donors (Lipinski definition) is 0. The molecule has 1 unspecified atom stereocenters. The normalized spacial score (nSPS) is 16.7. The molecule has 0 aromatic heterocycles. The summed E-state index contributed by atoms with van der Waals surface area (Å²) in [6.45, 7) is -0.282. The highest BCUT2D eigenvalue weighted by atomic mass is 16.6. The molecule has 194 valence electrons. The number of Topliss-reactive ketones (excluding diaryl/α,β-unsaturated/α-hetero) is 1. The Bertz CT molecular complexity index is 1470. The van der Waals surface area contributed by atoms with Crippen molar-refractivity contribution in [2.75, 3.05) is 27.9 Å². The van der Waals surface area contributed by atoms with E-state index < -0.39 is 17.9 Å². The summed E-state index contributed by atoms with van der Waals surface area (Å²) in [6.07, 6.45) is 1.66. The number of ketones is 1. The van der Waals surface area contributed by atoms with Gasteiger partial charge in [0.1, 0.15) is 17.2 Å². The molecule has 5 rings (SSSR count). The Labute approximate surface area is 218 Å². The third-order valence-corrected chi connectivity index (χ3v) is 6.37. The van der Waals surface area contributed by atoms with Crippen LogP contribution < -0.4 is 23.7 Å². The molecule has 0 radical (unpaired) electrons. The van der Waals surface area contributed by atoms with Crippen LogP contribution in [0.25, 0.3) is 6.08 Å². The summed E-state index contributed by atoms with van der Waals surface area (Å²) < 4.78 is 32.6. The molecule has 0 aliphatic carbocycles. The van der Waals surface area contributed by atoms with Crippen LogP contribution in [0.1, 0.15) is 39.4 Å². The minimum absolute atomic E-state index is 0.0259. The summed E-state index contributed by atoms with van der Waals surface area (Å²) in [6, 6.07) is 15.6. The summed E-state index contributed by atoms with van der Waals surface area (Å²) >= 11 is 0. The predicted molar refractivity (Wildman–Crippen MR) is 135 cm³/mol. The van der Waals surface area contributed by atoms with Crippen molar-refractivity contribution < 1.29 is 42.8 Å². The van der Waals surface area contributed by atoms with E-state index in [0.717, 1.165) is 5.56 Å². The Morgan fingerprint density at radius 3 is 2.50 bits per heavy atom. The first-order valence-electron chi connectivity index (χ1n) is 11.8. The van der Waals surface area contributed by atoms with Gasteiger partial charge in [0.15, 0.2) is 23.9 Å². The van der Waals surface area contributed by atoms with Crippen molar-refractivity contribution in [3.8, 4) is 28.7 Å². The number of para-hydroxylation sites is 1. The molecule has 0 N–H and O–H groups in total. The van der Waals surface area contributed by atoms with Crippen molar-refractivity contribution >= 4 is 23.8 Å². The molecule has 0 saturated carbocycles. The van der Waals surface area contributed by atoms with Crippen LogP contribution in [0.3, 0.4) is 0 Å². The second-order valence-electron chi connectivity index (χ2n) is 8.54. The number of rotatable bonds is 7. The number of benzene rings is 3. The topological polar surface area (TPSA) is 107 Å². The van der Waals surface area contributed by atoms with E-state index in [1.165, 1.54) is 14.2 Å². The van der Waals surface area contributed by atoms with E-state index in [9.17, 15) is 14.4 Å². The van der Waals surface area contributed by atoms with E-state index in [1.54, 1.807) is 49.6 Å². The van der Waals surface area contributed by atoms with Crippen LogP contribution >= 0.6 is 0 Å². The fourth-order valence-electron chi connectivity index (χ4n) is 4.53. The van der Waals surface area contributed by atoms with Gasteiger partial charge in [-0.05, 0) is 42.0 Å². The number of carbonyl (C=O) groups excluding carboxylic acids is 3. The van der Waals surface area contributed by atoms with E-state index in [4.69, 9.17) is 23.7 Å². The molecule has 2 aliphatic rings. The number of fused-ring (bicyclic) bond motifs is 3. The highest BCUT2D eigenvalue weighted by Gasteiger charge is 2.38. The Kier molecular flexibility index (Phi) is 6.74. The smallest absolute Gasteiger partial charge is 0.343 e. The summed E-state index contributed by atoms with van der Waals surface area (Å²) in [7, 11) is 4.30. The average molecular weight is 517 g/mol. The first-order valence-corrected chi connectivity index (χ1v) is 11.8. The molecule has 0 bridgehead atoms. The zero-order valence-corrected chi connectivity index (χ0v) is 20.9. The highest BCUT2D eigenvalue weighted by Crippen LogP contribution is 2.50. The van der Waals surface area contributed by atoms with Gasteiger partial charge < -0.3 is 28.4 Å². The average Bonchev–Trinajstić information content (AvgIpc) is 3.26. The fourth-order valence-corrected chi connectivity index (χ4v) is 4.53. The van der Waals surface area contributed by atoms with Crippen molar-refractivity contribution in [3.05, 3.63) is 82.6 Å². The SMILES string of the molecule is COC(=O)COc1ccc(C2CC(=O)Oc3ccc4c(c32)OC(=Cc2ccccc2OC)C4=O)cc1OC. The second kappa shape index (κ2) is 10.3. The van der Waals surface area contributed by atoms with Crippen LogP contribution in [0.5, 0.6) is 28.7 Å². The molecular formula is C29H24O9. The van der Waals surface area contributed by atoms with Gasteiger partial charge in [-0.3, -0.25) is 9.59 Å². The maximum Gasteiger partial charge on any atom is 0.343 e. The molecule has 9 heteroatoms. The van der Waals surface area contributed by atoms with Crippen LogP contribution in [-0.4, -0.2) is 45.7 Å². The van der Waals surface area contributed by atoms with E-state index in [0.29, 0.717) is 45.4 Å². The zero-order valence-electron chi connectivity index (χ0n) is 20.9. The summed E-state index contributed by atoms with van der Waals surface area (Å²) in [5.41, 5.74) is 2.37. The van der Waals surface area contributed by atoms with Crippen LogP contribution in [0.2, 0.25) is 0 Å². The summed E-state index contributed by atoms with van der Waals surface area (Å²) in [5, 5.41) is 0. The number of allylic oxidation sites excluding steroid dienone is 1. The molecule has 0 saturated heterocycles. The maximum atomic E-state index is 13.3. The molecule has 2 aliphatic heterocycles. The molecular weight excluding hydrogens is 492 g/mol. The first kappa shape index (κ1) is 24.9. The lowest BCUT2D eigenvalue weighted by atomic mass is 9.84.